The summed E-state index contributed by atoms with van der Waals surface area (Å²) in [4.78, 5) is 11.4. The first-order valence-corrected chi connectivity index (χ1v) is 7.70. The second-order valence-electron chi connectivity index (χ2n) is 4.30. The topological polar surface area (TPSA) is 26.3 Å². The average molecular weight is 288 g/mol. The Labute approximate surface area is 129 Å². The van der Waals surface area contributed by atoms with E-state index in [0.29, 0.717) is 0 Å². The summed E-state index contributed by atoms with van der Waals surface area (Å²) < 4.78 is 5.18. The van der Waals surface area contributed by atoms with Gasteiger partial charge in [0.2, 0.25) is 0 Å². The van der Waals surface area contributed by atoms with Gasteiger partial charge in [0.25, 0.3) is 0 Å². The van der Waals surface area contributed by atoms with Crippen LogP contribution in [0.1, 0.15) is 53.0 Å². The summed E-state index contributed by atoms with van der Waals surface area (Å²) >= 11 is 0. The first kappa shape index (κ1) is 19.2. The largest absolute Gasteiger partial charge is 0.497 e. The van der Waals surface area contributed by atoms with Gasteiger partial charge in [-0.2, -0.15) is 0 Å². The maximum absolute atomic E-state index is 11.4. The van der Waals surface area contributed by atoms with Crippen molar-refractivity contribution in [1.29, 1.82) is 0 Å². The molecule has 0 aromatic heterocycles. The third-order valence-corrected chi connectivity index (χ3v) is 3.18. The molecule has 1 atom stereocenters. The number of ether oxygens (including phenoxy) is 1. The third-order valence-electron chi connectivity index (χ3n) is 3.18. The molecule has 116 valence electrons. The van der Waals surface area contributed by atoms with Crippen molar-refractivity contribution in [2.45, 2.75) is 47.5 Å². The van der Waals surface area contributed by atoms with Gasteiger partial charge in [-0.1, -0.05) is 58.9 Å². The van der Waals surface area contributed by atoms with Crippen LogP contribution < -0.4 is 4.74 Å². The zero-order valence-electron chi connectivity index (χ0n) is 14.4. The summed E-state index contributed by atoms with van der Waals surface area (Å²) in [6.07, 6.45) is 0. The molecule has 0 amide bonds. The molecule has 0 N–H and O–H groups in total. The minimum Gasteiger partial charge on any atom is -0.497 e. The van der Waals surface area contributed by atoms with Crippen LogP contribution >= 0.6 is 0 Å². The molecule has 0 fully saturated rings. The molecular formula is C19H28O2. The molecule has 0 spiro atoms. The Morgan fingerprint density at radius 1 is 0.952 bits per heavy atom. The number of carbonyl (C=O) groups is 1. The summed E-state index contributed by atoms with van der Waals surface area (Å²) in [6.45, 7) is 11.6. The van der Waals surface area contributed by atoms with Crippen LogP contribution in [0.4, 0.5) is 0 Å². The Kier molecular flexibility index (Phi) is 9.11. The van der Waals surface area contributed by atoms with Crippen molar-refractivity contribution < 1.29 is 9.53 Å². The highest BCUT2D eigenvalue weighted by Gasteiger charge is 2.10. The van der Waals surface area contributed by atoms with E-state index in [1.165, 1.54) is 0 Å². The highest BCUT2D eigenvalue weighted by Crippen LogP contribution is 2.25. The fourth-order valence-electron chi connectivity index (χ4n) is 1.87. The van der Waals surface area contributed by atoms with Gasteiger partial charge in [0, 0.05) is 5.92 Å². The molecule has 2 aromatic carbocycles. The van der Waals surface area contributed by atoms with E-state index in [4.69, 9.17) is 4.74 Å². The summed E-state index contributed by atoms with van der Waals surface area (Å²) in [5, 5.41) is 2.26. The maximum atomic E-state index is 11.4. The highest BCUT2D eigenvalue weighted by atomic mass is 16.5. The zero-order valence-corrected chi connectivity index (χ0v) is 14.4. The Morgan fingerprint density at radius 3 is 2.00 bits per heavy atom. The average Bonchev–Trinajstić information content (AvgIpc) is 2.56. The lowest BCUT2D eigenvalue weighted by Crippen LogP contribution is -2.03. The van der Waals surface area contributed by atoms with Crippen molar-refractivity contribution in [2.75, 3.05) is 7.11 Å². The second kappa shape index (κ2) is 9.98. The lowest BCUT2D eigenvalue weighted by molar-refractivity contribution is -0.118. The minimum atomic E-state index is -0.0403. The standard InChI is InChI=1S/C15H16O2.2C2H6/c1-10(11(2)16)12-4-5-14-9-15(17-3)7-6-13(14)8-12;2*1-2/h4-10H,1-3H3;2*1-2H3/t10-;;/m1../s1. The molecule has 2 nitrogen and oxygen atoms in total. The van der Waals surface area contributed by atoms with E-state index < -0.39 is 0 Å². The van der Waals surface area contributed by atoms with Crippen molar-refractivity contribution in [2.24, 2.45) is 0 Å². The predicted molar refractivity (Wildman–Crippen MR) is 92.3 cm³/mol. The molecule has 21 heavy (non-hydrogen) atoms. The summed E-state index contributed by atoms with van der Waals surface area (Å²) in [5.41, 5.74) is 1.06. The van der Waals surface area contributed by atoms with E-state index in [0.717, 1.165) is 22.1 Å². The van der Waals surface area contributed by atoms with Gasteiger partial charge < -0.3 is 4.74 Å². The quantitative estimate of drug-likeness (QED) is 0.735. The fraction of sp³-hybridized carbons (Fsp3) is 0.421. The second-order valence-corrected chi connectivity index (χ2v) is 4.30. The van der Waals surface area contributed by atoms with Crippen molar-refractivity contribution in [3.05, 3.63) is 42.0 Å². The van der Waals surface area contributed by atoms with E-state index in [-0.39, 0.29) is 11.7 Å². The smallest absolute Gasteiger partial charge is 0.136 e. The molecule has 0 heterocycles. The van der Waals surface area contributed by atoms with E-state index in [1.54, 1.807) is 14.0 Å². The monoisotopic (exact) mass is 288 g/mol. The normalized spacial score (nSPS) is 10.6. The number of rotatable bonds is 3. The van der Waals surface area contributed by atoms with Crippen LogP contribution in [-0.2, 0) is 4.79 Å². The number of benzene rings is 2. The van der Waals surface area contributed by atoms with Crippen LogP contribution in [0.15, 0.2) is 36.4 Å². The molecule has 2 aromatic rings. The molecule has 2 heteroatoms. The Morgan fingerprint density at radius 2 is 1.48 bits per heavy atom. The Hall–Kier alpha value is -1.83. The zero-order chi connectivity index (χ0) is 16.4. The van der Waals surface area contributed by atoms with Crippen molar-refractivity contribution in [3.63, 3.8) is 0 Å². The van der Waals surface area contributed by atoms with E-state index in [1.807, 2.05) is 65.0 Å². The van der Waals surface area contributed by atoms with E-state index in [9.17, 15) is 4.79 Å². The van der Waals surface area contributed by atoms with Crippen LogP contribution in [0.5, 0.6) is 5.75 Å². The van der Waals surface area contributed by atoms with Gasteiger partial charge in [-0.15, -0.1) is 0 Å². The first-order valence-electron chi connectivity index (χ1n) is 7.70. The van der Waals surface area contributed by atoms with Gasteiger partial charge in [-0.3, -0.25) is 4.79 Å². The molecule has 0 aliphatic carbocycles. The minimum absolute atomic E-state index is 0.0403. The van der Waals surface area contributed by atoms with Crippen molar-refractivity contribution >= 4 is 16.6 Å². The molecular weight excluding hydrogens is 260 g/mol. The predicted octanol–water partition coefficient (Wildman–Crippen LogP) is 5.59. The molecule has 0 unspecified atom stereocenters. The molecule has 0 aliphatic rings. The number of ketones is 1. The summed E-state index contributed by atoms with van der Waals surface area (Å²) in [6, 6.07) is 12.1. The van der Waals surface area contributed by atoms with Gasteiger partial charge in [0.1, 0.15) is 11.5 Å². The van der Waals surface area contributed by atoms with Crippen LogP contribution in [0.3, 0.4) is 0 Å². The van der Waals surface area contributed by atoms with Crippen LogP contribution in [0.25, 0.3) is 10.8 Å². The molecule has 0 saturated carbocycles. The van der Waals surface area contributed by atoms with Crippen LogP contribution in [0.2, 0.25) is 0 Å². The Balaban J connectivity index is 0.000000921. The van der Waals surface area contributed by atoms with Gasteiger partial charge >= 0.3 is 0 Å². The SMILES string of the molecule is CC.CC.COc1ccc2cc([C@H](C)C(C)=O)ccc2c1. The number of Topliss-reactive ketones (excluding diaryl/α,β-unsaturated/α-hetero) is 1. The number of hydrogen-bond donors (Lipinski definition) is 0. The summed E-state index contributed by atoms with van der Waals surface area (Å²) in [5.74, 6) is 1.00. The first-order chi connectivity index (χ1) is 10.1. The van der Waals surface area contributed by atoms with Gasteiger partial charge in [0.15, 0.2) is 0 Å². The lowest BCUT2D eigenvalue weighted by atomic mass is 9.95. The molecule has 0 aliphatic heterocycles. The number of fused-ring (bicyclic) bond motifs is 1. The fourth-order valence-corrected chi connectivity index (χ4v) is 1.87. The third kappa shape index (κ3) is 5.22. The van der Waals surface area contributed by atoms with Crippen LogP contribution in [-0.4, -0.2) is 12.9 Å². The van der Waals surface area contributed by atoms with Gasteiger partial charge in [-0.05, 0) is 35.4 Å². The molecule has 0 saturated heterocycles. The molecule has 2 rings (SSSR count). The highest BCUT2D eigenvalue weighted by molar-refractivity contribution is 5.88. The number of hydrogen-bond acceptors (Lipinski definition) is 2. The van der Waals surface area contributed by atoms with Crippen LogP contribution in [0, 0.1) is 0 Å². The Bertz CT molecular complexity index is 558. The summed E-state index contributed by atoms with van der Waals surface area (Å²) in [7, 11) is 1.66. The van der Waals surface area contributed by atoms with Crippen molar-refractivity contribution in [3.8, 4) is 5.75 Å². The van der Waals surface area contributed by atoms with Crippen molar-refractivity contribution in [1.82, 2.24) is 0 Å². The number of carbonyl (C=O) groups excluding carboxylic acids is 1. The number of methoxy groups -OCH3 is 1. The molecule has 0 radical (unpaired) electrons. The molecule has 0 bridgehead atoms. The van der Waals surface area contributed by atoms with E-state index in [2.05, 4.69) is 6.07 Å². The van der Waals surface area contributed by atoms with E-state index >= 15 is 0 Å². The van der Waals surface area contributed by atoms with Gasteiger partial charge in [0.05, 0.1) is 7.11 Å². The maximum Gasteiger partial charge on any atom is 0.136 e. The van der Waals surface area contributed by atoms with Gasteiger partial charge in [-0.25, -0.2) is 0 Å². The lowest BCUT2D eigenvalue weighted by Gasteiger charge is -2.09.